The Labute approximate surface area is 114 Å². The SMILES string of the molecule is c1cc2cc([C@H](C3CC3)N3CCNCC3)ccc2[nH]1. The van der Waals surface area contributed by atoms with Crippen molar-refractivity contribution < 1.29 is 0 Å². The third-order valence-corrected chi connectivity index (χ3v) is 4.53. The molecular weight excluding hydrogens is 234 g/mol. The first-order valence-corrected chi connectivity index (χ1v) is 7.43. The molecule has 1 aliphatic carbocycles. The van der Waals surface area contributed by atoms with E-state index in [2.05, 4.69) is 39.5 Å². The number of hydrogen-bond acceptors (Lipinski definition) is 2. The van der Waals surface area contributed by atoms with Gasteiger partial charge in [0, 0.05) is 43.9 Å². The zero-order valence-corrected chi connectivity index (χ0v) is 11.2. The molecule has 3 heteroatoms. The summed E-state index contributed by atoms with van der Waals surface area (Å²) in [6, 6.07) is 9.77. The second-order valence-electron chi connectivity index (χ2n) is 5.89. The van der Waals surface area contributed by atoms with Crippen LogP contribution in [0.2, 0.25) is 0 Å². The minimum atomic E-state index is 0.640. The molecule has 2 aromatic rings. The zero-order chi connectivity index (χ0) is 12.7. The predicted molar refractivity (Wildman–Crippen MR) is 78.2 cm³/mol. The first-order chi connectivity index (χ1) is 9.42. The van der Waals surface area contributed by atoms with Crippen LogP contribution in [0.4, 0.5) is 0 Å². The maximum atomic E-state index is 3.46. The zero-order valence-electron chi connectivity index (χ0n) is 11.2. The molecule has 2 fully saturated rings. The number of nitrogens with one attached hydrogen (secondary N) is 2. The second kappa shape index (κ2) is 4.66. The van der Waals surface area contributed by atoms with Gasteiger partial charge in [-0.05, 0) is 47.9 Å². The summed E-state index contributed by atoms with van der Waals surface area (Å²) in [4.78, 5) is 5.97. The first kappa shape index (κ1) is 11.5. The predicted octanol–water partition coefficient (Wildman–Crippen LogP) is 2.52. The number of nitrogens with zero attached hydrogens (tertiary/aromatic N) is 1. The number of hydrogen-bond donors (Lipinski definition) is 2. The molecule has 0 unspecified atom stereocenters. The van der Waals surface area contributed by atoms with Crippen LogP contribution in [0.15, 0.2) is 30.5 Å². The summed E-state index contributed by atoms with van der Waals surface area (Å²) in [5.74, 6) is 0.884. The van der Waals surface area contributed by atoms with E-state index in [1.165, 1.54) is 42.4 Å². The average molecular weight is 255 g/mol. The fraction of sp³-hybridized carbons (Fsp3) is 0.500. The largest absolute Gasteiger partial charge is 0.361 e. The van der Waals surface area contributed by atoms with Gasteiger partial charge in [0.2, 0.25) is 0 Å². The van der Waals surface area contributed by atoms with Crippen LogP contribution in [-0.2, 0) is 0 Å². The molecule has 0 bridgehead atoms. The summed E-state index contributed by atoms with van der Waals surface area (Å²) in [6.45, 7) is 4.64. The van der Waals surface area contributed by atoms with Crippen molar-refractivity contribution in [1.29, 1.82) is 0 Å². The smallest absolute Gasteiger partial charge is 0.0454 e. The number of piperazine rings is 1. The van der Waals surface area contributed by atoms with Gasteiger partial charge in [0.25, 0.3) is 0 Å². The Morgan fingerprint density at radius 2 is 1.95 bits per heavy atom. The standard InChI is InChI=1S/C16H21N3/c1-2-12(1)16(19-9-7-17-8-10-19)14-3-4-15-13(11-14)5-6-18-15/h3-6,11-12,16-18H,1-2,7-10H2/t16-/m0/s1. The third kappa shape index (κ3) is 2.17. The van der Waals surface area contributed by atoms with Crippen LogP contribution in [0.25, 0.3) is 10.9 Å². The lowest BCUT2D eigenvalue weighted by atomic mass is 9.98. The number of fused-ring (bicyclic) bond motifs is 1. The monoisotopic (exact) mass is 255 g/mol. The molecule has 1 aliphatic heterocycles. The van der Waals surface area contributed by atoms with E-state index < -0.39 is 0 Å². The summed E-state index contributed by atoms with van der Waals surface area (Å²) in [5.41, 5.74) is 2.76. The molecule has 1 atom stereocenters. The van der Waals surface area contributed by atoms with E-state index >= 15 is 0 Å². The van der Waals surface area contributed by atoms with Gasteiger partial charge >= 0.3 is 0 Å². The highest BCUT2D eigenvalue weighted by Gasteiger charge is 2.36. The summed E-state index contributed by atoms with van der Waals surface area (Å²) in [7, 11) is 0. The van der Waals surface area contributed by atoms with Gasteiger partial charge in [-0.15, -0.1) is 0 Å². The van der Waals surface area contributed by atoms with Gasteiger partial charge < -0.3 is 10.3 Å². The van der Waals surface area contributed by atoms with E-state index in [4.69, 9.17) is 0 Å². The minimum absolute atomic E-state index is 0.640. The van der Waals surface area contributed by atoms with Crippen molar-refractivity contribution in [3.8, 4) is 0 Å². The van der Waals surface area contributed by atoms with Crippen molar-refractivity contribution in [2.75, 3.05) is 26.2 Å². The van der Waals surface area contributed by atoms with Crippen molar-refractivity contribution >= 4 is 10.9 Å². The second-order valence-corrected chi connectivity index (χ2v) is 5.89. The molecule has 0 spiro atoms. The average Bonchev–Trinajstić information content (AvgIpc) is 3.17. The van der Waals surface area contributed by atoms with Crippen LogP contribution >= 0.6 is 0 Å². The lowest BCUT2D eigenvalue weighted by molar-refractivity contribution is 0.156. The van der Waals surface area contributed by atoms with Crippen LogP contribution in [0.5, 0.6) is 0 Å². The van der Waals surface area contributed by atoms with Crippen molar-refractivity contribution in [2.24, 2.45) is 5.92 Å². The maximum Gasteiger partial charge on any atom is 0.0454 e. The molecular formula is C16H21N3. The van der Waals surface area contributed by atoms with Gasteiger partial charge in [0.05, 0.1) is 0 Å². The Kier molecular flexibility index (Phi) is 2.82. The van der Waals surface area contributed by atoms with E-state index in [-0.39, 0.29) is 0 Å². The van der Waals surface area contributed by atoms with Gasteiger partial charge in [0.15, 0.2) is 0 Å². The fourth-order valence-corrected chi connectivity index (χ4v) is 3.41. The van der Waals surface area contributed by atoms with Crippen molar-refractivity contribution in [3.05, 3.63) is 36.0 Å². The molecule has 0 amide bonds. The van der Waals surface area contributed by atoms with Crippen LogP contribution < -0.4 is 5.32 Å². The molecule has 1 saturated heterocycles. The Morgan fingerprint density at radius 1 is 1.11 bits per heavy atom. The van der Waals surface area contributed by atoms with Crippen LogP contribution in [-0.4, -0.2) is 36.1 Å². The van der Waals surface area contributed by atoms with E-state index in [9.17, 15) is 0 Å². The Hall–Kier alpha value is -1.32. The van der Waals surface area contributed by atoms with Gasteiger partial charge in [0.1, 0.15) is 0 Å². The number of benzene rings is 1. The molecule has 3 nitrogen and oxygen atoms in total. The summed E-state index contributed by atoms with van der Waals surface area (Å²) >= 11 is 0. The highest BCUT2D eigenvalue weighted by Crippen LogP contribution is 2.45. The molecule has 100 valence electrons. The molecule has 1 saturated carbocycles. The van der Waals surface area contributed by atoms with Gasteiger partial charge in [-0.2, -0.15) is 0 Å². The Morgan fingerprint density at radius 3 is 2.74 bits per heavy atom. The molecule has 4 rings (SSSR count). The van der Waals surface area contributed by atoms with E-state index in [0.717, 1.165) is 19.0 Å². The molecule has 1 aromatic heterocycles. The number of rotatable bonds is 3. The number of aromatic amines is 1. The normalized spacial score (nSPS) is 22.7. The van der Waals surface area contributed by atoms with Gasteiger partial charge in [-0.1, -0.05) is 6.07 Å². The first-order valence-electron chi connectivity index (χ1n) is 7.43. The molecule has 0 radical (unpaired) electrons. The van der Waals surface area contributed by atoms with Crippen molar-refractivity contribution in [2.45, 2.75) is 18.9 Å². The van der Waals surface area contributed by atoms with Crippen molar-refractivity contribution in [3.63, 3.8) is 0 Å². The highest BCUT2D eigenvalue weighted by molar-refractivity contribution is 5.80. The quantitative estimate of drug-likeness (QED) is 0.883. The minimum Gasteiger partial charge on any atom is -0.361 e. The summed E-state index contributed by atoms with van der Waals surface area (Å²) in [6.07, 6.45) is 4.84. The summed E-state index contributed by atoms with van der Waals surface area (Å²) < 4.78 is 0. The van der Waals surface area contributed by atoms with E-state index in [0.29, 0.717) is 6.04 Å². The topological polar surface area (TPSA) is 31.1 Å². The molecule has 1 aromatic carbocycles. The fourth-order valence-electron chi connectivity index (χ4n) is 3.41. The number of aromatic nitrogens is 1. The van der Waals surface area contributed by atoms with E-state index in [1.54, 1.807) is 0 Å². The Balaban J connectivity index is 1.68. The lowest BCUT2D eigenvalue weighted by Gasteiger charge is -2.35. The molecule has 2 aliphatic rings. The van der Waals surface area contributed by atoms with Crippen LogP contribution in [0, 0.1) is 5.92 Å². The van der Waals surface area contributed by atoms with Gasteiger partial charge in [-0.25, -0.2) is 0 Å². The number of H-pyrrole nitrogens is 1. The van der Waals surface area contributed by atoms with Crippen molar-refractivity contribution in [1.82, 2.24) is 15.2 Å². The highest BCUT2D eigenvalue weighted by atomic mass is 15.2. The van der Waals surface area contributed by atoms with Gasteiger partial charge in [-0.3, -0.25) is 4.90 Å². The van der Waals surface area contributed by atoms with E-state index in [1.807, 2.05) is 6.20 Å². The van der Waals surface area contributed by atoms with Crippen LogP contribution in [0.1, 0.15) is 24.4 Å². The molecule has 2 N–H and O–H groups in total. The molecule has 2 heterocycles. The Bertz CT molecular complexity index is 564. The van der Waals surface area contributed by atoms with Crippen LogP contribution in [0.3, 0.4) is 0 Å². The third-order valence-electron chi connectivity index (χ3n) is 4.53. The maximum absolute atomic E-state index is 3.46. The lowest BCUT2D eigenvalue weighted by Crippen LogP contribution is -2.45. The molecule has 19 heavy (non-hydrogen) atoms. The summed E-state index contributed by atoms with van der Waals surface area (Å²) in [5, 5.41) is 4.80.